The number of aromatic nitrogens is 3. The molecule has 0 amide bonds. The van der Waals surface area contributed by atoms with Crippen LogP contribution in [-0.2, 0) is 11.3 Å². The monoisotopic (exact) mass is 293 g/mol. The molecule has 6 heteroatoms. The molecule has 0 aromatic carbocycles. The highest BCUT2D eigenvalue weighted by Gasteiger charge is 2.13. The molecule has 2 aromatic heterocycles. The normalized spacial score (nSPS) is 11.1. The van der Waals surface area contributed by atoms with Gasteiger partial charge in [0.2, 0.25) is 0 Å². The highest BCUT2D eigenvalue weighted by Crippen LogP contribution is 2.24. The van der Waals surface area contributed by atoms with E-state index in [0.29, 0.717) is 0 Å². The van der Waals surface area contributed by atoms with Gasteiger partial charge in [-0.1, -0.05) is 31.5 Å². The number of pyridine rings is 1. The first-order valence-electron chi connectivity index (χ1n) is 6.80. The number of thioether (sulfide) groups is 1. The first kappa shape index (κ1) is 14.8. The summed E-state index contributed by atoms with van der Waals surface area (Å²) in [5.41, 5.74) is 2.64. The van der Waals surface area contributed by atoms with E-state index in [2.05, 4.69) is 16.9 Å². The maximum Gasteiger partial charge on any atom is 0.313 e. The number of carboxylic acid groups (broad SMARTS) is 1. The summed E-state index contributed by atoms with van der Waals surface area (Å²) >= 11 is 1.26. The fourth-order valence-electron chi connectivity index (χ4n) is 2.03. The van der Waals surface area contributed by atoms with Crippen molar-refractivity contribution in [2.75, 3.05) is 5.75 Å². The Morgan fingerprint density at radius 3 is 2.85 bits per heavy atom. The number of imidazole rings is 1. The molecule has 20 heavy (non-hydrogen) atoms. The van der Waals surface area contributed by atoms with Gasteiger partial charge in [-0.2, -0.15) is 0 Å². The summed E-state index contributed by atoms with van der Waals surface area (Å²) < 4.78 is 2.05. The largest absolute Gasteiger partial charge is 0.481 e. The lowest BCUT2D eigenvalue weighted by Crippen LogP contribution is -2.04. The van der Waals surface area contributed by atoms with Crippen LogP contribution in [0.15, 0.2) is 17.3 Å². The molecule has 0 saturated carbocycles. The van der Waals surface area contributed by atoms with Gasteiger partial charge in [-0.25, -0.2) is 9.97 Å². The minimum atomic E-state index is -0.827. The van der Waals surface area contributed by atoms with Crippen LogP contribution in [0.3, 0.4) is 0 Å². The lowest BCUT2D eigenvalue weighted by molar-refractivity contribution is -0.133. The number of unbranched alkanes of at least 4 members (excludes halogenated alkanes) is 2. The second-order valence-electron chi connectivity index (χ2n) is 4.73. The topological polar surface area (TPSA) is 68.0 Å². The Labute approximate surface area is 122 Å². The molecule has 0 aliphatic heterocycles. The summed E-state index contributed by atoms with van der Waals surface area (Å²) in [5.74, 6) is -0.804. The molecule has 2 aromatic rings. The quantitative estimate of drug-likeness (QED) is 0.627. The summed E-state index contributed by atoms with van der Waals surface area (Å²) in [5, 5.41) is 9.57. The zero-order valence-corrected chi connectivity index (χ0v) is 12.6. The van der Waals surface area contributed by atoms with E-state index in [-0.39, 0.29) is 5.75 Å². The average molecular weight is 293 g/mol. The van der Waals surface area contributed by atoms with Crippen LogP contribution in [0.1, 0.15) is 31.9 Å². The fraction of sp³-hybridized carbons (Fsp3) is 0.500. The van der Waals surface area contributed by atoms with Crippen LogP contribution in [0.4, 0.5) is 0 Å². The van der Waals surface area contributed by atoms with Crippen LogP contribution < -0.4 is 0 Å². The van der Waals surface area contributed by atoms with E-state index in [1.807, 2.05) is 23.6 Å². The third-order valence-corrected chi connectivity index (χ3v) is 3.97. The number of carboxylic acids is 1. The minimum Gasteiger partial charge on any atom is -0.481 e. The average Bonchev–Trinajstić information content (AvgIpc) is 2.74. The van der Waals surface area contributed by atoms with Gasteiger partial charge in [-0.3, -0.25) is 4.79 Å². The van der Waals surface area contributed by atoms with Crippen molar-refractivity contribution in [3.8, 4) is 0 Å². The van der Waals surface area contributed by atoms with Crippen LogP contribution in [0, 0.1) is 6.92 Å². The SMILES string of the molecule is CCCCCn1c(SCC(=O)O)nc2ccc(C)nc21. The number of rotatable bonds is 7. The highest BCUT2D eigenvalue weighted by molar-refractivity contribution is 7.99. The van der Waals surface area contributed by atoms with Crippen molar-refractivity contribution in [3.63, 3.8) is 0 Å². The van der Waals surface area contributed by atoms with E-state index in [1.54, 1.807) is 0 Å². The molecule has 2 heterocycles. The molecule has 0 aliphatic carbocycles. The van der Waals surface area contributed by atoms with Crippen molar-refractivity contribution in [2.45, 2.75) is 44.8 Å². The van der Waals surface area contributed by atoms with Gasteiger partial charge >= 0.3 is 5.97 Å². The Morgan fingerprint density at radius 2 is 2.15 bits per heavy atom. The molecule has 108 valence electrons. The van der Waals surface area contributed by atoms with E-state index >= 15 is 0 Å². The zero-order valence-electron chi connectivity index (χ0n) is 11.8. The molecule has 0 saturated heterocycles. The molecular weight excluding hydrogens is 274 g/mol. The summed E-state index contributed by atoms with van der Waals surface area (Å²) in [4.78, 5) is 19.8. The van der Waals surface area contributed by atoms with Crippen molar-refractivity contribution in [3.05, 3.63) is 17.8 Å². The maximum atomic E-state index is 10.7. The van der Waals surface area contributed by atoms with Crippen molar-refractivity contribution >= 4 is 28.9 Å². The predicted molar refractivity (Wildman–Crippen MR) is 80.1 cm³/mol. The van der Waals surface area contributed by atoms with Gasteiger partial charge < -0.3 is 9.67 Å². The van der Waals surface area contributed by atoms with Crippen LogP contribution >= 0.6 is 11.8 Å². The summed E-state index contributed by atoms with van der Waals surface area (Å²) in [7, 11) is 0. The lowest BCUT2D eigenvalue weighted by Gasteiger charge is -2.07. The molecule has 2 rings (SSSR count). The summed E-state index contributed by atoms with van der Waals surface area (Å²) in [6.45, 7) is 4.95. The highest BCUT2D eigenvalue weighted by atomic mass is 32.2. The van der Waals surface area contributed by atoms with Gasteiger partial charge in [0, 0.05) is 12.2 Å². The number of carbonyl (C=O) groups is 1. The number of hydrogen-bond acceptors (Lipinski definition) is 4. The molecule has 5 nitrogen and oxygen atoms in total. The van der Waals surface area contributed by atoms with E-state index in [1.165, 1.54) is 11.8 Å². The van der Waals surface area contributed by atoms with Gasteiger partial charge in [0.25, 0.3) is 0 Å². The fourth-order valence-corrected chi connectivity index (χ4v) is 2.78. The second-order valence-corrected chi connectivity index (χ2v) is 5.67. The Morgan fingerprint density at radius 1 is 1.35 bits per heavy atom. The van der Waals surface area contributed by atoms with Crippen LogP contribution in [0.2, 0.25) is 0 Å². The molecule has 0 aliphatic rings. The second kappa shape index (κ2) is 6.74. The van der Waals surface area contributed by atoms with Gasteiger partial charge in [-0.05, 0) is 25.5 Å². The van der Waals surface area contributed by atoms with Crippen LogP contribution in [0.25, 0.3) is 11.2 Å². The number of nitrogens with zero attached hydrogens (tertiary/aromatic N) is 3. The molecule has 0 fully saturated rings. The number of fused-ring (bicyclic) bond motifs is 1. The van der Waals surface area contributed by atoms with E-state index in [0.717, 1.165) is 47.8 Å². The van der Waals surface area contributed by atoms with Crippen molar-refractivity contribution in [1.82, 2.24) is 14.5 Å². The first-order valence-corrected chi connectivity index (χ1v) is 7.79. The van der Waals surface area contributed by atoms with Gasteiger partial charge in [0.15, 0.2) is 10.8 Å². The number of aryl methyl sites for hydroxylation is 2. The molecule has 1 N–H and O–H groups in total. The maximum absolute atomic E-state index is 10.7. The van der Waals surface area contributed by atoms with Crippen LogP contribution in [0.5, 0.6) is 0 Å². The molecule has 0 unspecified atom stereocenters. The Hall–Kier alpha value is -1.56. The molecule has 0 radical (unpaired) electrons. The summed E-state index contributed by atoms with van der Waals surface area (Å²) in [6.07, 6.45) is 3.35. The number of hydrogen-bond donors (Lipinski definition) is 1. The molecule has 0 bridgehead atoms. The third-order valence-electron chi connectivity index (χ3n) is 3.01. The van der Waals surface area contributed by atoms with Crippen molar-refractivity contribution < 1.29 is 9.90 Å². The third kappa shape index (κ3) is 3.50. The predicted octanol–water partition coefficient (Wildman–Crippen LogP) is 3.11. The van der Waals surface area contributed by atoms with Gasteiger partial charge in [-0.15, -0.1) is 0 Å². The molecular formula is C14H19N3O2S. The van der Waals surface area contributed by atoms with Crippen molar-refractivity contribution in [1.29, 1.82) is 0 Å². The zero-order chi connectivity index (χ0) is 14.5. The van der Waals surface area contributed by atoms with E-state index in [4.69, 9.17) is 5.11 Å². The summed E-state index contributed by atoms with van der Waals surface area (Å²) in [6, 6.07) is 3.87. The Bertz CT molecular complexity index is 610. The van der Waals surface area contributed by atoms with Gasteiger partial charge in [0.1, 0.15) is 5.52 Å². The minimum absolute atomic E-state index is 0.0239. The van der Waals surface area contributed by atoms with Crippen LogP contribution in [-0.4, -0.2) is 31.4 Å². The first-order chi connectivity index (χ1) is 9.61. The molecule has 0 spiro atoms. The van der Waals surface area contributed by atoms with Gasteiger partial charge in [0.05, 0.1) is 5.75 Å². The molecule has 0 atom stereocenters. The Kier molecular flexibility index (Phi) is 5.00. The standard InChI is InChI=1S/C14H19N3O2S/c1-3-4-5-8-17-13-11(7-6-10(2)15-13)16-14(17)20-9-12(18)19/h6-7H,3-5,8-9H2,1-2H3,(H,18,19). The van der Waals surface area contributed by atoms with E-state index in [9.17, 15) is 4.79 Å². The van der Waals surface area contributed by atoms with E-state index < -0.39 is 5.97 Å². The smallest absolute Gasteiger partial charge is 0.313 e. The van der Waals surface area contributed by atoms with Crippen molar-refractivity contribution in [2.24, 2.45) is 0 Å². The Balaban J connectivity index is 2.32. The lowest BCUT2D eigenvalue weighted by atomic mass is 10.2. The number of aliphatic carboxylic acids is 1.